The fraction of sp³-hybridized carbons (Fsp3) is 0.619. The Labute approximate surface area is 165 Å². The fourth-order valence-electron chi connectivity index (χ4n) is 4.11. The predicted octanol–water partition coefficient (Wildman–Crippen LogP) is 2.33. The Balaban J connectivity index is 1.57. The van der Waals surface area contributed by atoms with Gasteiger partial charge >= 0.3 is 0 Å². The van der Waals surface area contributed by atoms with Crippen LogP contribution in [-0.4, -0.2) is 77.4 Å². The molecule has 28 heavy (non-hydrogen) atoms. The second-order valence-corrected chi connectivity index (χ2v) is 7.90. The Morgan fingerprint density at radius 1 is 1.00 bits per heavy atom. The second-order valence-electron chi connectivity index (χ2n) is 7.90. The first-order valence-corrected chi connectivity index (χ1v) is 10.2. The summed E-state index contributed by atoms with van der Waals surface area (Å²) in [4.78, 5) is 31.3. The summed E-state index contributed by atoms with van der Waals surface area (Å²) in [6, 6.07) is 3.48. The van der Waals surface area contributed by atoms with Crippen LogP contribution >= 0.6 is 0 Å². The van der Waals surface area contributed by atoms with Crippen molar-refractivity contribution >= 4 is 11.8 Å². The summed E-state index contributed by atoms with van der Waals surface area (Å²) < 4.78 is 14.0. The highest BCUT2D eigenvalue weighted by Crippen LogP contribution is 2.19. The first-order valence-electron chi connectivity index (χ1n) is 10.2. The quantitative estimate of drug-likeness (QED) is 0.856. The number of carbonyl (C=O) groups excluding carboxylic acids is 2. The highest BCUT2D eigenvalue weighted by molar-refractivity contribution is 5.95. The highest BCUT2D eigenvalue weighted by Gasteiger charge is 2.27. The zero-order valence-electron chi connectivity index (χ0n) is 16.6. The summed E-state index contributed by atoms with van der Waals surface area (Å²) in [5.74, 6) is -1.16. The van der Waals surface area contributed by atoms with Crippen LogP contribution in [0.25, 0.3) is 0 Å². The molecule has 1 N–H and O–H groups in total. The van der Waals surface area contributed by atoms with Crippen LogP contribution in [0, 0.1) is 11.7 Å². The Bertz CT molecular complexity index is 706. The van der Waals surface area contributed by atoms with E-state index in [2.05, 4.69) is 4.90 Å². The number of aromatic hydroxyl groups is 1. The van der Waals surface area contributed by atoms with Crippen molar-refractivity contribution in [2.24, 2.45) is 5.92 Å². The molecule has 6 nitrogen and oxygen atoms in total. The van der Waals surface area contributed by atoms with E-state index in [0.29, 0.717) is 32.6 Å². The number of phenols is 1. The third kappa shape index (κ3) is 5.01. The van der Waals surface area contributed by atoms with Crippen LogP contribution in [0.4, 0.5) is 4.39 Å². The molecule has 1 atom stereocenters. The molecule has 0 aromatic heterocycles. The number of amides is 2. The standard InChI is InChI=1S/C21H30FN3O3/c1-16(15-23-8-3-2-4-9-23)20(27)24-10-5-11-25(13-12-24)21(28)18-14-17(26)6-7-19(18)22/h6-7,14,16,26H,2-5,8-13,15H2,1H3. The monoisotopic (exact) mass is 391 g/mol. The van der Waals surface area contributed by atoms with Crippen LogP contribution in [0.5, 0.6) is 5.75 Å². The van der Waals surface area contributed by atoms with Gasteiger partial charge in [0.25, 0.3) is 5.91 Å². The Hall–Kier alpha value is -2.15. The number of benzene rings is 1. The van der Waals surface area contributed by atoms with E-state index in [1.807, 2.05) is 11.8 Å². The van der Waals surface area contributed by atoms with Crippen molar-refractivity contribution in [2.75, 3.05) is 45.8 Å². The Kier molecular flexibility index (Phi) is 6.88. The van der Waals surface area contributed by atoms with Crippen molar-refractivity contribution in [1.29, 1.82) is 0 Å². The molecule has 2 amide bonds. The van der Waals surface area contributed by atoms with Gasteiger partial charge < -0.3 is 19.8 Å². The minimum atomic E-state index is -0.643. The van der Waals surface area contributed by atoms with Gasteiger partial charge in [0.05, 0.1) is 5.56 Å². The molecule has 0 bridgehead atoms. The fourth-order valence-corrected chi connectivity index (χ4v) is 4.11. The van der Waals surface area contributed by atoms with Crippen molar-refractivity contribution in [3.05, 3.63) is 29.6 Å². The van der Waals surface area contributed by atoms with Crippen molar-refractivity contribution in [2.45, 2.75) is 32.6 Å². The number of piperidine rings is 1. The van der Waals surface area contributed by atoms with Crippen molar-refractivity contribution in [1.82, 2.24) is 14.7 Å². The molecular weight excluding hydrogens is 361 g/mol. The first-order chi connectivity index (χ1) is 13.5. The minimum Gasteiger partial charge on any atom is -0.508 e. The number of halogens is 1. The van der Waals surface area contributed by atoms with E-state index >= 15 is 0 Å². The number of hydrogen-bond acceptors (Lipinski definition) is 4. The molecule has 1 unspecified atom stereocenters. The highest BCUT2D eigenvalue weighted by atomic mass is 19.1. The Morgan fingerprint density at radius 2 is 1.68 bits per heavy atom. The van der Waals surface area contributed by atoms with E-state index in [0.717, 1.165) is 31.8 Å². The van der Waals surface area contributed by atoms with Gasteiger partial charge in [0.15, 0.2) is 0 Å². The lowest BCUT2D eigenvalue weighted by Gasteiger charge is -2.31. The number of hydrogen-bond donors (Lipinski definition) is 1. The third-order valence-electron chi connectivity index (χ3n) is 5.68. The van der Waals surface area contributed by atoms with Gasteiger partial charge in [-0.05, 0) is 50.6 Å². The van der Waals surface area contributed by atoms with E-state index in [1.54, 1.807) is 4.90 Å². The summed E-state index contributed by atoms with van der Waals surface area (Å²) in [7, 11) is 0. The summed E-state index contributed by atoms with van der Waals surface area (Å²) >= 11 is 0. The molecule has 1 aromatic carbocycles. The van der Waals surface area contributed by atoms with E-state index in [1.165, 1.54) is 25.3 Å². The van der Waals surface area contributed by atoms with Crippen LogP contribution in [-0.2, 0) is 4.79 Å². The van der Waals surface area contributed by atoms with Crippen LogP contribution in [0.3, 0.4) is 0 Å². The molecule has 7 heteroatoms. The molecule has 3 rings (SSSR count). The SMILES string of the molecule is CC(CN1CCCCC1)C(=O)N1CCCN(C(=O)c2cc(O)ccc2F)CC1. The minimum absolute atomic E-state index is 0.0659. The smallest absolute Gasteiger partial charge is 0.257 e. The summed E-state index contributed by atoms with van der Waals surface area (Å²) in [5, 5.41) is 9.56. The van der Waals surface area contributed by atoms with Crippen molar-refractivity contribution < 1.29 is 19.1 Å². The normalized spacial score (nSPS) is 19.9. The average molecular weight is 391 g/mol. The lowest BCUT2D eigenvalue weighted by Crippen LogP contribution is -2.43. The van der Waals surface area contributed by atoms with Crippen LogP contribution in [0.15, 0.2) is 18.2 Å². The molecule has 0 radical (unpaired) electrons. The number of rotatable bonds is 4. The second kappa shape index (κ2) is 9.37. The molecule has 1 aromatic rings. The third-order valence-corrected chi connectivity index (χ3v) is 5.68. The molecule has 2 heterocycles. The van der Waals surface area contributed by atoms with Gasteiger partial charge in [0.1, 0.15) is 11.6 Å². The van der Waals surface area contributed by atoms with E-state index in [9.17, 15) is 19.1 Å². The number of phenolic OH excluding ortho intramolecular Hbond substituents is 1. The maximum atomic E-state index is 14.0. The molecule has 2 fully saturated rings. The zero-order valence-corrected chi connectivity index (χ0v) is 16.6. The van der Waals surface area contributed by atoms with Crippen molar-refractivity contribution in [3.63, 3.8) is 0 Å². The van der Waals surface area contributed by atoms with Gasteiger partial charge in [-0.1, -0.05) is 13.3 Å². The Morgan fingerprint density at radius 3 is 2.43 bits per heavy atom. The lowest BCUT2D eigenvalue weighted by atomic mass is 10.1. The predicted molar refractivity (Wildman–Crippen MR) is 105 cm³/mol. The summed E-state index contributed by atoms with van der Waals surface area (Å²) in [6.07, 6.45) is 4.34. The number of carbonyl (C=O) groups is 2. The maximum absolute atomic E-state index is 14.0. The van der Waals surface area contributed by atoms with E-state index < -0.39 is 11.7 Å². The molecule has 0 aliphatic carbocycles. The van der Waals surface area contributed by atoms with Crippen LogP contribution in [0.2, 0.25) is 0 Å². The van der Waals surface area contributed by atoms with Gasteiger partial charge in [-0.25, -0.2) is 4.39 Å². The average Bonchev–Trinajstić information content (AvgIpc) is 2.95. The molecule has 0 saturated carbocycles. The van der Waals surface area contributed by atoms with Gasteiger partial charge in [0.2, 0.25) is 5.91 Å². The van der Waals surface area contributed by atoms with Gasteiger partial charge in [-0.15, -0.1) is 0 Å². The topological polar surface area (TPSA) is 64.1 Å². The molecule has 154 valence electrons. The largest absolute Gasteiger partial charge is 0.508 e. The van der Waals surface area contributed by atoms with Gasteiger partial charge in [0, 0.05) is 38.6 Å². The molecule has 0 spiro atoms. The summed E-state index contributed by atoms with van der Waals surface area (Å²) in [6.45, 7) is 6.79. The number of nitrogens with zero attached hydrogens (tertiary/aromatic N) is 3. The molecular formula is C21H30FN3O3. The molecule has 2 saturated heterocycles. The lowest BCUT2D eigenvalue weighted by molar-refractivity contribution is -0.135. The van der Waals surface area contributed by atoms with Crippen LogP contribution in [0.1, 0.15) is 43.0 Å². The van der Waals surface area contributed by atoms with Gasteiger partial charge in [-0.2, -0.15) is 0 Å². The number of likely N-dealkylation sites (tertiary alicyclic amines) is 1. The zero-order chi connectivity index (χ0) is 20.1. The van der Waals surface area contributed by atoms with Crippen LogP contribution < -0.4 is 0 Å². The van der Waals surface area contributed by atoms with E-state index in [-0.39, 0.29) is 23.1 Å². The maximum Gasteiger partial charge on any atom is 0.257 e. The summed E-state index contributed by atoms with van der Waals surface area (Å²) in [5.41, 5.74) is -0.127. The van der Waals surface area contributed by atoms with Crippen molar-refractivity contribution in [3.8, 4) is 5.75 Å². The van der Waals surface area contributed by atoms with Gasteiger partial charge in [-0.3, -0.25) is 9.59 Å². The molecule has 2 aliphatic heterocycles. The first kappa shape index (κ1) is 20.6. The van der Waals surface area contributed by atoms with E-state index in [4.69, 9.17) is 0 Å². The molecule has 2 aliphatic rings.